The van der Waals surface area contributed by atoms with E-state index in [1.54, 1.807) is 0 Å². The maximum Gasteiger partial charge on any atom is 0.262 e. The number of rotatable bonds is 6. The fraction of sp³-hybridized carbons (Fsp3) is 0.346. The minimum atomic E-state index is -0.197. The molecule has 0 bridgehead atoms. The predicted octanol–water partition coefficient (Wildman–Crippen LogP) is 3.84. The molecule has 2 heterocycles. The Morgan fingerprint density at radius 2 is 1.70 bits per heavy atom. The summed E-state index contributed by atoms with van der Waals surface area (Å²) >= 11 is 0. The molecular weight excluding hydrogens is 414 g/mol. The molecule has 1 fully saturated rings. The van der Waals surface area contributed by atoms with Crippen LogP contribution in [-0.2, 0) is 4.79 Å². The van der Waals surface area contributed by atoms with Gasteiger partial charge in [-0.25, -0.2) is 0 Å². The Morgan fingerprint density at radius 3 is 2.36 bits per heavy atom. The van der Waals surface area contributed by atoms with Crippen LogP contribution in [0, 0.1) is 20.8 Å². The van der Waals surface area contributed by atoms with E-state index in [1.165, 1.54) is 0 Å². The third kappa shape index (κ3) is 5.68. The lowest BCUT2D eigenvalue weighted by Crippen LogP contribution is -2.44. The molecule has 33 heavy (non-hydrogen) atoms. The first kappa shape index (κ1) is 22.7. The van der Waals surface area contributed by atoms with Crippen molar-refractivity contribution < 1.29 is 9.53 Å². The van der Waals surface area contributed by atoms with Crippen LogP contribution in [0.25, 0.3) is 11.3 Å². The minimum absolute atomic E-state index is 0.0370. The van der Waals surface area contributed by atoms with Gasteiger partial charge in [0.15, 0.2) is 12.4 Å². The van der Waals surface area contributed by atoms with E-state index in [0.29, 0.717) is 5.69 Å². The number of nitrogens with one attached hydrogen (secondary N) is 1. The van der Waals surface area contributed by atoms with Crippen molar-refractivity contribution in [2.75, 3.05) is 50.1 Å². The zero-order chi connectivity index (χ0) is 23.4. The predicted molar refractivity (Wildman–Crippen MR) is 132 cm³/mol. The number of carbonyl (C=O) groups excluding carboxylic acids is 1. The van der Waals surface area contributed by atoms with Gasteiger partial charge in [-0.05, 0) is 74.8 Å². The SMILES string of the molecule is Cc1cc(C)c(C)c(OCC(=O)Nc2ccc(-c3ccc(N4CCN(C)CC4)nn3)cc2)c1. The second kappa shape index (κ2) is 10.0. The topological polar surface area (TPSA) is 70.6 Å². The third-order valence-corrected chi connectivity index (χ3v) is 6.06. The molecule has 0 radical (unpaired) electrons. The fourth-order valence-electron chi connectivity index (χ4n) is 3.90. The normalized spacial score (nSPS) is 14.2. The first-order chi connectivity index (χ1) is 15.9. The molecule has 1 aliphatic rings. The molecule has 0 aliphatic carbocycles. The van der Waals surface area contributed by atoms with Gasteiger partial charge in [0.05, 0.1) is 5.69 Å². The Bertz CT molecular complexity index is 1100. The third-order valence-electron chi connectivity index (χ3n) is 6.06. The Hall–Kier alpha value is -3.45. The summed E-state index contributed by atoms with van der Waals surface area (Å²) in [7, 11) is 2.14. The standard InChI is InChI=1S/C26H31N5O2/c1-18-15-19(2)20(3)24(16-18)33-17-26(32)27-22-7-5-21(6-8-22)23-9-10-25(29-28-23)31-13-11-30(4)12-14-31/h5-10,15-16H,11-14,17H2,1-4H3,(H,27,32). The maximum absolute atomic E-state index is 12.4. The number of carbonyl (C=O) groups is 1. The Labute approximate surface area is 195 Å². The molecule has 3 aromatic rings. The monoisotopic (exact) mass is 445 g/mol. The molecule has 172 valence electrons. The average molecular weight is 446 g/mol. The number of hydrogen-bond acceptors (Lipinski definition) is 6. The highest BCUT2D eigenvalue weighted by molar-refractivity contribution is 5.92. The molecule has 0 unspecified atom stereocenters. The quantitative estimate of drug-likeness (QED) is 0.622. The number of amides is 1. The minimum Gasteiger partial charge on any atom is -0.483 e. The summed E-state index contributed by atoms with van der Waals surface area (Å²) in [4.78, 5) is 16.9. The highest BCUT2D eigenvalue weighted by Gasteiger charge is 2.16. The number of aromatic nitrogens is 2. The molecular formula is C26H31N5O2. The van der Waals surface area contributed by atoms with Crippen molar-refractivity contribution in [2.24, 2.45) is 0 Å². The van der Waals surface area contributed by atoms with Gasteiger partial charge in [0.2, 0.25) is 0 Å². The largest absolute Gasteiger partial charge is 0.483 e. The van der Waals surface area contributed by atoms with Crippen molar-refractivity contribution in [2.45, 2.75) is 20.8 Å². The number of hydrogen-bond donors (Lipinski definition) is 1. The van der Waals surface area contributed by atoms with Gasteiger partial charge >= 0.3 is 0 Å². The second-order valence-corrected chi connectivity index (χ2v) is 8.69. The molecule has 1 N–H and O–H groups in total. The van der Waals surface area contributed by atoms with Crippen molar-refractivity contribution in [3.63, 3.8) is 0 Å². The number of aryl methyl sites for hydroxylation is 2. The Balaban J connectivity index is 1.33. The van der Waals surface area contributed by atoms with E-state index >= 15 is 0 Å². The summed E-state index contributed by atoms with van der Waals surface area (Å²) in [5.41, 5.74) is 5.79. The first-order valence-electron chi connectivity index (χ1n) is 11.3. The van der Waals surface area contributed by atoms with Gasteiger partial charge in [0, 0.05) is 37.4 Å². The molecule has 7 nitrogen and oxygen atoms in total. The van der Waals surface area contributed by atoms with E-state index in [4.69, 9.17) is 4.74 Å². The van der Waals surface area contributed by atoms with Crippen LogP contribution in [0.2, 0.25) is 0 Å². The average Bonchev–Trinajstić information content (AvgIpc) is 2.81. The van der Waals surface area contributed by atoms with Gasteiger partial charge in [-0.15, -0.1) is 10.2 Å². The maximum atomic E-state index is 12.4. The van der Waals surface area contributed by atoms with Crippen molar-refractivity contribution in [3.05, 3.63) is 65.2 Å². The molecule has 1 aliphatic heterocycles. The zero-order valence-electron chi connectivity index (χ0n) is 19.8. The van der Waals surface area contributed by atoms with Gasteiger partial charge in [0.25, 0.3) is 5.91 Å². The van der Waals surface area contributed by atoms with Crippen molar-refractivity contribution in [1.29, 1.82) is 0 Å². The van der Waals surface area contributed by atoms with Crippen molar-refractivity contribution in [1.82, 2.24) is 15.1 Å². The fourth-order valence-corrected chi connectivity index (χ4v) is 3.90. The summed E-state index contributed by atoms with van der Waals surface area (Å²) < 4.78 is 5.76. The molecule has 1 saturated heterocycles. The number of likely N-dealkylation sites (N-methyl/N-ethyl adjacent to an activating group) is 1. The zero-order valence-corrected chi connectivity index (χ0v) is 19.8. The molecule has 0 atom stereocenters. The van der Waals surface area contributed by atoms with E-state index in [2.05, 4.69) is 38.4 Å². The van der Waals surface area contributed by atoms with Crippen molar-refractivity contribution in [3.8, 4) is 17.0 Å². The molecule has 0 spiro atoms. The number of anilines is 2. The van der Waals surface area contributed by atoms with Crippen LogP contribution in [0.1, 0.15) is 16.7 Å². The van der Waals surface area contributed by atoms with E-state index in [-0.39, 0.29) is 12.5 Å². The molecule has 4 rings (SSSR count). The molecule has 0 saturated carbocycles. The van der Waals surface area contributed by atoms with Crippen LogP contribution in [0.15, 0.2) is 48.5 Å². The van der Waals surface area contributed by atoms with Crippen LogP contribution in [0.4, 0.5) is 11.5 Å². The summed E-state index contributed by atoms with van der Waals surface area (Å²) in [6.45, 7) is 10.0. The van der Waals surface area contributed by atoms with Crippen LogP contribution in [-0.4, -0.2) is 60.8 Å². The van der Waals surface area contributed by atoms with Gasteiger partial charge < -0.3 is 19.9 Å². The van der Waals surface area contributed by atoms with Gasteiger partial charge in [-0.1, -0.05) is 18.2 Å². The summed E-state index contributed by atoms with van der Waals surface area (Å²) in [6, 6.07) is 15.7. The van der Waals surface area contributed by atoms with Crippen LogP contribution in [0.5, 0.6) is 5.75 Å². The smallest absolute Gasteiger partial charge is 0.262 e. The number of ether oxygens (including phenoxy) is 1. The Kier molecular flexibility index (Phi) is 6.89. The highest BCUT2D eigenvalue weighted by atomic mass is 16.5. The van der Waals surface area contributed by atoms with Crippen molar-refractivity contribution >= 4 is 17.4 Å². The van der Waals surface area contributed by atoms with Gasteiger partial charge in [-0.3, -0.25) is 4.79 Å². The highest BCUT2D eigenvalue weighted by Crippen LogP contribution is 2.24. The molecule has 1 amide bonds. The van der Waals surface area contributed by atoms with E-state index in [9.17, 15) is 4.79 Å². The molecule has 7 heteroatoms. The van der Waals surface area contributed by atoms with E-state index in [1.807, 2.05) is 63.2 Å². The lowest BCUT2D eigenvalue weighted by Gasteiger charge is -2.32. The lowest BCUT2D eigenvalue weighted by molar-refractivity contribution is -0.118. The number of piperazine rings is 1. The number of nitrogens with zero attached hydrogens (tertiary/aromatic N) is 4. The van der Waals surface area contributed by atoms with Gasteiger partial charge in [0.1, 0.15) is 5.75 Å². The van der Waals surface area contributed by atoms with Crippen LogP contribution < -0.4 is 15.0 Å². The summed E-state index contributed by atoms with van der Waals surface area (Å²) in [6.07, 6.45) is 0. The molecule has 2 aromatic carbocycles. The van der Waals surface area contributed by atoms with Crippen LogP contribution >= 0.6 is 0 Å². The molecule has 1 aromatic heterocycles. The van der Waals surface area contributed by atoms with Crippen LogP contribution in [0.3, 0.4) is 0 Å². The summed E-state index contributed by atoms with van der Waals surface area (Å²) in [5.74, 6) is 1.46. The van der Waals surface area contributed by atoms with Gasteiger partial charge in [-0.2, -0.15) is 0 Å². The van der Waals surface area contributed by atoms with E-state index in [0.717, 1.165) is 65.7 Å². The summed E-state index contributed by atoms with van der Waals surface area (Å²) in [5, 5.41) is 11.7. The number of benzene rings is 2. The Morgan fingerprint density at radius 1 is 0.970 bits per heavy atom. The lowest BCUT2D eigenvalue weighted by atomic mass is 10.1. The first-order valence-corrected chi connectivity index (χ1v) is 11.3. The second-order valence-electron chi connectivity index (χ2n) is 8.69. The van der Waals surface area contributed by atoms with E-state index < -0.39 is 0 Å².